The van der Waals surface area contributed by atoms with Crippen LogP contribution in [0.3, 0.4) is 0 Å². The molecule has 3 nitrogen and oxygen atoms in total. The van der Waals surface area contributed by atoms with Gasteiger partial charge in [-0.05, 0) is 54.9 Å². The molecule has 1 unspecified atom stereocenters. The van der Waals surface area contributed by atoms with Crippen molar-refractivity contribution in [3.8, 4) is 5.75 Å². The van der Waals surface area contributed by atoms with Crippen LogP contribution in [0.5, 0.6) is 5.75 Å². The molecule has 0 radical (unpaired) electrons. The zero-order valence-electron chi connectivity index (χ0n) is 16.8. The second-order valence-electron chi connectivity index (χ2n) is 5.30. The summed E-state index contributed by atoms with van der Waals surface area (Å²) in [7, 11) is 1.74. The number of hydrogen-bond donors (Lipinski definition) is 1. The first-order valence-corrected chi connectivity index (χ1v) is 9.48. The van der Waals surface area contributed by atoms with Crippen molar-refractivity contribution >= 4 is 5.97 Å². The van der Waals surface area contributed by atoms with Gasteiger partial charge in [-0.1, -0.05) is 54.0 Å². The van der Waals surface area contributed by atoms with E-state index in [2.05, 4.69) is 25.1 Å². The Morgan fingerprint density at radius 2 is 1.79 bits per heavy atom. The lowest BCUT2D eigenvalue weighted by Gasteiger charge is -2.23. The molecule has 2 rings (SSSR count). The van der Waals surface area contributed by atoms with Gasteiger partial charge in [-0.3, -0.25) is 4.79 Å². The molecule has 0 aromatic heterocycles. The first-order valence-electron chi connectivity index (χ1n) is 9.48. The van der Waals surface area contributed by atoms with Gasteiger partial charge in [0, 0.05) is 6.42 Å². The van der Waals surface area contributed by atoms with Crippen LogP contribution in [0.25, 0.3) is 0 Å². The van der Waals surface area contributed by atoms with Crippen LogP contribution in [-0.4, -0.2) is 18.2 Å². The molecule has 0 heterocycles. The van der Waals surface area contributed by atoms with E-state index in [-0.39, 0.29) is 0 Å². The minimum absolute atomic E-state index is 0.292. The molecule has 0 amide bonds. The van der Waals surface area contributed by atoms with Gasteiger partial charge in [0.1, 0.15) is 5.75 Å². The molecular weight excluding hydrogens is 300 g/mol. The summed E-state index contributed by atoms with van der Waals surface area (Å²) in [6.45, 7) is 12.1. The smallest absolute Gasteiger partial charge is 0.303 e. The van der Waals surface area contributed by atoms with E-state index in [9.17, 15) is 4.79 Å². The van der Waals surface area contributed by atoms with Gasteiger partial charge in [-0.25, -0.2) is 0 Å². The monoisotopic (exact) mass is 338 g/mol. The summed E-state index contributed by atoms with van der Waals surface area (Å²) in [6, 6.07) is 6.51. The maximum Gasteiger partial charge on any atom is 0.303 e. The fourth-order valence-corrected chi connectivity index (χ4v) is 2.50. The fraction of sp³-hybridized carbons (Fsp3) is 0.667. The summed E-state index contributed by atoms with van der Waals surface area (Å²) < 4.78 is 5.23. The number of carbonyl (C=O) groups is 1. The minimum atomic E-state index is -0.711. The Morgan fingerprint density at radius 1 is 1.17 bits per heavy atom. The van der Waals surface area contributed by atoms with Crippen molar-refractivity contribution in [1.82, 2.24) is 0 Å². The van der Waals surface area contributed by atoms with E-state index in [1.165, 1.54) is 36.8 Å². The number of hydrogen-bond acceptors (Lipinski definition) is 2. The van der Waals surface area contributed by atoms with E-state index >= 15 is 0 Å². The summed E-state index contributed by atoms with van der Waals surface area (Å²) in [5.41, 5.74) is 3.03. The van der Waals surface area contributed by atoms with Gasteiger partial charge in [-0.2, -0.15) is 0 Å². The molecule has 0 aliphatic heterocycles. The molecular formula is C21H38O3. The topological polar surface area (TPSA) is 46.5 Å². The number of rotatable bonds is 4. The molecule has 0 saturated carbocycles. The van der Waals surface area contributed by atoms with Crippen molar-refractivity contribution in [2.24, 2.45) is 5.92 Å². The molecule has 0 fully saturated rings. The number of ether oxygens (including phenoxy) is 1. The van der Waals surface area contributed by atoms with Gasteiger partial charge in [-0.15, -0.1) is 0 Å². The molecule has 24 heavy (non-hydrogen) atoms. The van der Waals surface area contributed by atoms with E-state index in [1.807, 2.05) is 34.6 Å². The quantitative estimate of drug-likeness (QED) is 0.718. The summed E-state index contributed by atoms with van der Waals surface area (Å²) in [6.07, 6.45) is 6.17. The Kier molecular flexibility index (Phi) is 16.9. The van der Waals surface area contributed by atoms with E-state index in [0.29, 0.717) is 6.42 Å². The number of aliphatic carboxylic acids is 1. The first kappa shape index (κ1) is 24.7. The Hall–Kier alpha value is -1.51. The van der Waals surface area contributed by atoms with Crippen molar-refractivity contribution in [1.29, 1.82) is 0 Å². The van der Waals surface area contributed by atoms with Crippen LogP contribution >= 0.6 is 0 Å². The SMILES string of the molecule is CC.CC.CCC1CCc2cc(OC)ccc2C1.CCCC(=O)O. The Morgan fingerprint density at radius 3 is 2.21 bits per heavy atom. The normalized spacial score (nSPS) is 14.4. The average Bonchev–Trinajstić information content (AvgIpc) is 2.64. The van der Waals surface area contributed by atoms with Gasteiger partial charge in [0.2, 0.25) is 0 Å². The lowest BCUT2D eigenvalue weighted by molar-refractivity contribution is -0.137. The molecule has 1 aromatic rings. The highest BCUT2D eigenvalue weighted by Crippen LogP contribution is 2.29. The van der Waals surface area contributed by atoms with Crippen LogP contribution in [-0.2, 0) is 17.6 Å². The van der Waals surface area contributed by atoms with Gasteiger partial charge in [0.05, 0.1) is 7.11 Å². The zero-order chi connectivity index (χ0) is 19.0. The zero-order valence-corrected chi connectivity index (χ0v) is 16.8. The van der Waals surface area contributed by atoms with E-state index in [0.717, 1.165) is 18.1 Å². The maximum absolute atomic E-state index is 9.60. The molecule has 0 spiro atoms. The Bertz CT molecular complexity index is 427. The van der Waals surface area contributed by atoms with Crippen molar-refractivity contribution in [3.05, 3.63) is 29.3 Å². The highest BCUT2D eigenvalue weighted by atomic mass is 16.5. The number of methoxy groups -OCH3 is 1. The van der Waals surface area contributed by atoms with Crippen LogP contribution in [0.15, 0.2) is 18.2 Å². The Balaban J connectivity index is 0. The predicted octanol–water partition coefficient (Wildman–Crippen LogP) is 6.13. The van der Waals surface area contributed by atoms with Crippen molar-refractivity contribution < 1.29 is 14.6 Å². The van der Waals surface area contributed by atoms with Crippen molar-refractivity contribution in [3.63, 3.8) is 0 Å². The van der Waals surface area contributed by atoms with E-state index < -0.39 is 5.97 Å². The van der Waals surface area contributed by atoms with E-state index in [1.54, 1.807) is 7.11 Å². The van der Waals surface area contributed by atoms with Crippen LogP contribution in [0, 0.1) is 5.92 Å². The summed E-state index contributed by atoms with van der Waals surface area (Å²) in [5, 5.41) is 7.91. The van der Waals surface area contributed by atoms with Crippen LogP contribution in [0.2, 0.25) is 0 Å². The minimum Gasteiger partial charge on any atom is -0.497 e. The molecule has 1 aliphatic carbocycles. The number of aryl methyl sites for hydroxylation is 1. The largest absolute Gasteiger partial charge is 0.497 e. The third-order valence-corrected chi connectivity index (χ3v) is 3.79. The predicted molar refractivity (Wildman–Crippen MR) is 104 cm³/mol. The summed E-state index contributed by atoms with van der Waals surface area (Å²) in [4.78, 5) is 9.60. The Labute approximate surface area is 149 Å². The van der Waals surface area contributed by atoms with Gasteiger partial charge < -0.3 is 9.84 Å². The van der Waals surface area contributed by atoms with Gasteiger partial charge in [0.25, 0.3) is 0 Å². The standard InChI is InChI=1S/C13H18O.C4H8O2.2C2H6/c1-3-10-4-5-12-9-13(14-2)7-6-11(12)8-10;1-2-3-4(5)6;2*1-2/h6-7,9-10H,3-5,8H2,1-2H3;2-3H2,1H3,(H,5,6);2*1-2H3. The maximum atomic E-state index is 9.60. The molecule has 0 bridgehead atoms. The highest BCUT2D eigenvalue weighted by Gasteiger charge is 2.17. The third-order valence-electron chi connectivity index (χ3n) is 3.79. The van der Waals surface area contributed by atoms with Crippen LogP contribution in [0.1, 0.15) is 78.4 Å². The van der Waals surface area contributed by atoms with Crippen LogP contribution < -0.4 is 4.74 Å². The van der Waals surface area contributed by atoms with Crippen LogP contribution in [0.4, 0.5) is 0 Å². The molecule has 1 aliphatic rings. The van der Waals surface area contributed by atoms with Crippen molar-refractivity contribution in [2.75, 3.05) is 7.11 Å². The van der Waals surface area contributed by atoms with Gasteiger partial charge in [0.15, 0.2) is 0 Å². The lowest BCUT2D eigenvalue weighted by Crippen LogP contribution is -2.13. The van der Waals surface area contributed by atoms with E-state index in [4.69, 9.17) is 9.84 Å². The fourth-order valence-electron chi connectivity index (χ4n) is 2.50. The summed E-state index contributed by atoms with van der Waals surface area (Å²) >= 11 is 0. The third kappa shape index (κ3) is 10.3. The van der Waals surface area contributed by atoms with Gasteiger partial charge >= 0.3 is 5.97 Å². The molecule has 0 saturated heterocycles. The first-order chi connectivity index (χ1) is 11.6. The second-order valence-corrected chi connectivity index (χ2v) is 5.30. The molecule has 1 aromatic carbocycles. The molecule has 1 atom stereocenters. The molecule has 1 N–H and O–H groups in total. The number of benzene rings is 1. The average molecular weight is 339 g/mol. The highest BCUT2D eigenvalue weighted by molar-refractivity contribution is 5.66. The number of carboxylic acids is 1. The molecule has 3 heteroatoms. The summed E-state index contributed by atoms with van der Waals surface area (Å²) in [5.74, 6) is 1.19. The number of carboxylic acid groups (broad SMARTS) is 1. The molecule has 140 valence electrons. The lowest BCUT2D eigenvalue weighted by atomic mass is 9.82. The second kappa shape index (κ2) is 16.4. The number of fused-ring (bicyclic) bond motifs is 1. The van der Waals surface area contributed by atoms with Crippen molar-refractivity contribution in [2.45, 2.75) is 80.1 Å².